The third kappa shape index (κ3) is 3.93. The molecule has 0 bridgehead atoms. The average Bonchev–Trinajstić information content (AvgIpc) is 2.82. The van der Waals surface area contributed by atoms with E-state index in [4.69, 9.17) is 10.5 Å². The molecule has 0 saturated heterocycles. The van der Waals surface area contributed by atoms with Crippen molar-refractivity contribution in [2.45, 2.75) is 6.04 Å². The van der Waals surface area contributed by atoms with Crippen LogP contribution in [0.3, 0.4) is 0 Å². The number of carbonyl (C=O) groups excluding carboxylic acids is 2. The minimum atomic E-state index is -1.02. The summed E-state index contributed by atoms with van der Waals surface area (Å²) >= 11 is 0. The largest absolute Gasteiger partial charge is 0.467 e. The lowest BCUT2D eigenvalue weighted by atomic mass is 10.0. The van der Waals surface area contributed by atoms with Gasteiger partial charge in [0.2, 0.25) is 11.7 Å². The van der Waals surface area contributed by atoms with Crippen molar-refractivity contribution in [2.24, 2.45) is 0 Å². The number of hydrogen-bond acceptors (Lipinski definition) is 5. The molecule has 2 heterocycles. The summed E-state index contributed by atoms with van der Waals surface area (Å²) in [5.74, 6) is -1.10. The van der Waals surface area contributed by atoms with Crippen molar-refractivity contribution in [3.63, 3.8) is 0 Å². The number of nitrogens with zero attached hydrogens (tertiary/aromatic N) is 1. The van der Waals surface area contributed by atoms with Gasteiger partial charge in [0.1, 0.15) is 0 Å². The fraction of sp³-hybridized carbons (Fsp3) is 0.0833. The molecule has 7 nitrogen and oxygen atoms in total. The lowest BCUT2D eigenvalue weighted by Crippen LogP contribution is -2.38. The summed E-state index contributed by atoms with van der Waals surface area (Å²) in [5.41, 5.74) is 9.37. The number of fused-ring (bicyclic) bond motifs is 1. The van der Waals surface area contributed by atoms with Crippen molar-refractivity contribution in [3.8, 4) is 11.3 Å². The van der Waals surface area contributed by atoms with Crippen LogP contribution in [0.4, 0.5) is 5.69 Å². The Kier molecular flexibility index (Phi) is 5.57. The van der Waals surface area contributed by atoms with Crippen molar-refractivity contribution in [1.82, 2.24) is 10.3 Å². The highest BCUT2D eigenvalue weighted by atomic mass is 16.5. The van der Waals surface area contributed by atoms with E-state index in [1.807, 2.05) is 48.5 Å². The molecule has 0 aliphatic rings. The van der Waals surface area contributed by atoms with Gasteiger partial charge in [-0.2, -0.15) is 0 Å². The van der Waals surface area contributed by atoms with Crippen molar-refractivity contribution in [1.29, 1.82) is 0 Å². The Bertz CT molecular complexity index is 1240. The fourth-order valence-corrected chi connectivity index (χ4v) is 3.46. The first-order valence-corrected chi connectivity index (χ1v) is 9.69. The number of ether oxygens (including phenoxy) is 1. The minimum absolute atomic E-state index is 0.239. The fourth-order valence-electron chi connectivity index (χ4n) is 3.46. The third-order valence-electron chi connectivity index (χ3n) is 4.96. The summed E-state index contributed by atoms with van der Waals surface area (Å²) in [5, 5.41) is 3.35. The zero-order valence-electron chi connectivity index (χ0n) is 16.8. The molecule has 0 aliphatic heterocycles. The van der Waals surface area contributed by atoms with Crippen LogP contribution < -0.4 is 16.0 Å². The molecule has 4 N–H and O–H groups in total. The number of nitrogen functional groups attached to an aromatic ring is 1. The molecule has 0 spiro atoms. The van der Waals surface area contributed by atoms with Gasteiger partial charge < -0.3 is 15.8 Å². The van der Waals surface area contributed by atoms with Crippen LogP contribution in [0.5, 0.6) is 0 Å². The average molecular weight is 413 g/mol. The summed E-state index contributed by atoms with van der Waals surface area (Å²) < 4.78 is 4.90. The normalized spacial score (nSPS) is 11.6. The maximum Gasteiger partial charge on any atom is 0.339 e. The molecule has 31 heavy (non-hydrogen) atoms. The summed E-state index contributed by atoms with van der Waals surface area (Å²) in [6.07, 6.45) is 1.67. The molecule has 4 rings (SSSR count). The second-order valence-corrected chi connectivity index (χ2v) is 6.88. The summed E-state index contributed by atoms with van der Waals surface area (Å²) in [4.78, 5) is 33.5. The molecular weight excluding hydrogens is 392 g/mol. The summed E-state index contributed by atoms with van der Waals surface area (Å²) in [6.45, 7) is 0. The number of anilines is 1. The SMILES string of the molecule is COC(=O)C(NC(=O)c1c(N)c(-c2ccccc2)nc2ccccc12)c1cccc[nH+]1. The smallest absolute Gasteiger partial charge is 0.339 e. The minimum Gasteiger partial charge on any atom is -0.467 e. The monoisotopic (exact) mass is 413 g/mol. The van der Waals surface area contributed by atoms with Crippen LogP contribution in [-0.4, -0.2) is 24.0 Å². The van der Waals surface area contributed by atoms with E-state index >= 15 is 0 Å². The van der Waals surface area contributed by atoms with Gasteiger partial charge >= 0.3 is 5.97 Å². The van der Waals surface area contributed by atoms with Crippen LogP contribution in [0, 0.1) is 0 Å². The summed E-state index contributed by atoms with van der Waals surface area (Å²) in [6, 6.07) is 20.9. The van der Waals surface area contributed by atoms with Gasteiger partial charge in [-0.25, -0.2) is 14.8 Å². The lowest BCUT2D eigenvalue weighted by molar-refractivity contribution is -0.392. The lowest BCUT2D eigenvalue weighted by Gasteiger charge is -2.17. The number of aromatic amines is 1. The van der Waals surface area contributed by atoms with E-state index in [2.05, 4.69) is 15.3 Å². The van der Waals surface area contributed by atoms with Crippen LogP contribution in [0.1, 0.15) is 22.1 Å². The summed E-state index contributed by atoms with van der Waals surface area (Å²) in [7, 11) is 1.27. The number of carbonyl (C=O) groups is 2. The number of amides is 1. The van der Waals surface area contributed by atoms with Gasteiger partial charge in [-0.05, 0) is 6.07 Å². The highest BCUT2D eigenvalue weighted by Crippen LogP contribution is 2.32. The highest BCUT2D eigenvalue weighted by molar-refractivity contribution is 6.13. The molecule has 0 fully saturated rings. The molecule has 1 amide bonds. The number of aromatic nitrogens is 2. The zero-order valence-corrected chi connectivity index (χ0v) is 16.8. The highest BCUT2D eigenvalue weighted by Gasteiger charge is 2.31. The van der Waals surface area contributed by atoms with Gasteiger partial charge in [0, 0.05) is 23.1 Å². The Labute approximate surface area is 178 Å². The van der Waals surface area contributed by atoms with Gasteiger partial charge in [-0.15, -0.1) is 0 Å². The predicted molar refractivity (Wildman–Crippen MR) is 117 cm³/mol. The van der Waals surface area contributed by atoms with Crippen LogP contribution in [-0.2, 0) is 9.53 Å². The van der Waals surface area contributed by atoms with E-state index in [-0.39, 0.29) is 11.3 Å². The third-order valence-corrected chi connectivity index (χ3v) is 4.96. The number of nitrogens with one attached hydrogen (secondary N) is 2. The van der Waals surface area contributed by atoms with Gasteiger partial charge in [-0.3, -0.25) is 4.79 Å². The number of para-hydroxylation sites is 1. The van der Waals surface area contributed by atoms with Gasteiger partial charge in [0.05, 0.1) is 29.6 Å². The maximum atomic E-state index is 13.4. The molecular formula is C24H21N4O3+. The molecule has 0 saturated carbocycles. The Morgan fingerprint density at radius 2 is 1.71 bits per heavy atom. The van der Waals surface area contributed by atoms with E-state index in [1.54, 1.807) is 30.5 Å². The predicted octanol–water partition coefficient (Wildman–Crippen LogP) is 2.94. The van der Waals surface area contributed by atoms with E-state index in [0.29, 0.717) is 22.3 Å². The van der Waals surface area contributed by atoms with Gasteiger partial charge in [-0.1, -0.05) is 54.6 Å². The Balaban J connectivity index is 1.83. The number of methoxy groups -OCH3 is 1. The zero-order chi connectivity index (χ0) is 21.8. The van der Waals surface area contributed by atoms with E-state index in [0.717, 1.165) is 5.56 Å². The number of nitrogens with two attached hydrogens (primary N) is 1. The Hall–Kier alpha value is -4.26. The van der Waals surface area contributed by atoms with Crippen molar-refractivity contribution < 1.29 is 19.3 Å². The first-order chi connectivity index (χ1) is 15.1. The molecule has 2 aromatic carbocycles. The van der Waals surface area contributed by atoms with Gasteiger partial charge in [0.15, 0.2) is 6.20 Å². The molecule has 4 aromatic rings. The number of rotatable bonds is 5. The van der Waals surface area contributed by atoms with E-state index in [1.165, 1.54) is 7.11 Å². The number of pyridine rings is 2. The van der Waals surface area contributed by atoms with Crippen LogP contribution >= 0.6 is 0 Å². The topological polar surface area (TPSA) is 108 Å². The van der Waals surface area contributed by atoms with Crippen molar-refractivity contribution >= 4 is 28.5 Å². The first-order valence-electron chi connectivity index (χ1n) is 9.69. The molecule has 0 radical (unpaired) electrons. The Morgan fingerprint density at radius 3 is 2.42 bits per heavy atom. The Morgan fingerprint density at radius 1 is 1.00 bits per heavy atom. The van der Waals surface area contributed by atoms with Crippen molar-refractivity contribution in [3.05, 3.63) is 90.3 Å². The molecule has 1 atom stereocenters. The van der Waals surface area contributed by atoms with E-state index in [9.17, 15) is 9.59 Å². The first kappa shape index (κ1) is 20.0. The van der Waals surface area contributed by atoms with Gasteiger partial charge in [0.25, 0.3) is 5.91 Å². The van der Waals surface area contributed by atoms with Crippen LogP contribution in [0.25, 0.3) is 22.2 Å². The molecule has 1 unspecified atom stereocenters. The standard InChI is InChI=1S/C24H20N4O3/c1-31-24(30)22(18-13-7-8-14-26-18)28-23(29)19-16-11-5-6-12-17(16)27-21(20(19)25)15-9-3-2-4-10-15/h2-14,22H,25H2,1H3,(H,28,29)/p+1. The number of hydrogen-bond donors (Lipinski definition) is 2. The quantitative estimate of drug-likeness (QED) is 0.489. The molecule has 154 valence electrons. The number of benzene rings is 2. The second kappa shape index (κ2) is 8.62. The molecule has 7 heteroatoms. The van der Waals surface area contributed by atoms with Crippen LogP contribution in [0.2, 0.25) is 0 Å². The maximum absolute atomic E-state index is 13.4. The molecule has 2 aromatic heterocycles. The van der Waals surface area contributed by atoms with Crippen LogP contribution in [0.15, 0.2) is 79.0 Å². The van der Waals surface area contributed by atoms with E-state index < -0.39 is 17.9 Å². The molecule has 0 aliphatic carbocycles. The second-order valence-electron chi connectivity index (χ2n) is 6.88. The number of H-pyrrole nitrogens is 1. The number of esters is 1. The van der Waals surface area contributed by atoms with Crippen molar-refractivity contribution in [2.75, 3.05) is 12.8 Å².